The van der Waals surface area contributed by atoms with Crippen molar-refractivity contribution in [1.29, 1.82) is 0 Å². The third kappa shape index (κ3) is 16.2. The average Bonchev–Trinajstić information content (AvgIpc) is 2.83. The smallest absolute Gasteiger partial charge is 0.216 e. The summed E-state index contributed by atoms with van der Waals surface area (Å²) in [6, 6.07) is 2.46. The van der Waals surface area contributed by atoms with Crippen molar-refractivity contribution in [3.63, 3.8) is 0 Å². The number of aryl methyl sites for hydroxylation is 1. The van der Waals surface area contributed by atoms with Gasteiger partial charge in [-0.25, -0.2) is 0 Å². The zero-order valence-corrected chi connectivity index (χ0v) is 23.7. The topological polar surface area (TPSA) is 54.0 Å². The standard InChI is InChI=1S/C14H22N2.C13H18.C4H9NO/c1-5-7-14(16-12(4)6-2)13-10-15-9-8-11(13)3;1-7-10(3)12(5)9-13(6)11(4)8-2;1-3-5-4(2)6/h6,8-10,14,16H,5,7H2,1-4H3;7-9H,1,3,5H2,2,4,6H3;3H2,1-2H3,(H,5,6)/b12-6+;11-8-,13-9-;. The molecule has 1 amide bonds. The van der Waals surface area contributed by atoms with Gasteiger partial charge in [0.05, 0.1) is 6.04 Å². The molecule has 194 valence electrons. The maximum atomic E-state index is 9.93. The predicted molar refractivity (Wildman–Crippen MR) is 155 cm³/mol. The third-order valence-corrected chi connectivity index (χ3v) is 5.40. The second-order valence-electron chi connectivity index (χ2n) is 8.33. The SMILES string of the molecule is C/C=C(\C)NC(CCC)c1cnccc1C.C=CC(=C)C(=C)/C=C(C)\C(C)=C/C.CCNC(C)=O. The lowest BCUT2D eigenvalue weighted by atomic mass is 9.99. The molecule has 0 saturated carbocycles. The van der Waals surface area contributed by atoms with Crippen molar-refractivity contribution < 1.29 is 4.79 Å². The fourth-order valence-electron chi connectivity index (χ4n) is 2.87. The fraction of sp³-hybridized carbons (Fsp3) is 0.419. The van der Waals surface area contributed by atoms with Crippen LogP contribution in [-0.4, -0.2) is 17.4 Å². The van der Waals surface area contributed by atoms with Gasteiger partial charge in [0, 0.05) is 31.6 Å². The van der Waals surface area contributed by atoms with Crippen molar-refractivity contribution in [1.82, 2.24) is 15.6 Å². The number of pyridine rings is 1. The van der Waals surface area contributed by atoms with Crippen molar-refractivity contribution in [3.05, 3.63) is 102 Å². The summed E-state index contributed by atoms with van der Waals surface area (Å²) in [6.45, 7) is 30.2. The maximum absolute atomic E-state index is 9.93. The number of nitrogens with zero attached hydrogens (tertiary/aromatic N) is 1. The molecule has 0 aromatic carbocycles. The van der Waals surface area contributed by atoms with Crippen LogP contribution in [0.1, 0.15) is 85.4 Å². The van der Waals surface area contributed by atoms with E-state index < -0.39 is 0 Å². The molecule has 0 bridgehead atoms. The molecule has 0 spiro atoms. The Hall–Kier alpha value is -3.14. The van der Waals surface area contributed by atoms with Gasteiger partial charge >= 0.3 is 0 Å². The molecule has 0 saturated heterocycles. The second-order valence-corrected chi connectivity index (χ2v) is 8.33. The van der Waals surface area contributed by atoms with Crippen molar-refractivity contribution >= 4 is 5.91 Å². The number of carbonyl (C=O) groups is 1. The van der Waals surface area contributed by atoms with Crippen LogP contribution in [0.2, 0.25) is 0 Å². The van der Waals surface area contributed by atoms with Crippen molar-refractivity contribution in [2.45, 2.75) is 81.2 Å². The normalized spacial score (nSPS) is 12.2. The highest BCUT2D eigenvalue weighted by Gasteiger charge is 2.12. The summed E-state index contributed by atoms with van der Waals surface area (Å²) < 4.78 is 0. The Morgan fingerprint density at radius 1 is 1.06 bits per heavy atom. The molecule has 0 radical (unpaired) electrons. The van der Waals surface area contributed by atoms with E-state index in [4.69, 9.17) is 0 Å². The van der Waals surface area contributed by atoms with E-state index in [-0.39, 0.29) is 5.91 Å². The zero-order chi connectivity index (χ0) is 27.4. The second kappa shape index (κ2) is 20.3. The lowest BCUT2D eigenvalue weighted by molar-refractivity contribution is -0.118. The summed E-state index contributed by atoms with van der Waals surface area (Å²) >= 11 is 0. The lowest BCUT2D eigenvalue weighted by Gasteiger charge is -2.21. The van der Waals surface area contributed by atoms with Crippen LogP contribution in [0, 0.1) is 6.92 Å². The minimum atomic E-state index is 0.0394. The van der Waals surface area contributed by atoms with Crippen LogP contribution < -0.4 is 10.6 Å². The minimum Gasteiger partial charge on any atom is -0.382 e. The quantitative estimate of drug-likeness (QED) is 0.333. The number of carbonyl (C=O) groups excluding carboxylic acids is 1. The lowest BCUT2D eigenvalue weighted by Crippen LogP contribution is -2.20. The molecule has 35 heavy (non-hydrogen) atoms. The summed E-state index contributed by atoms with van der Waals surface area (Å²) in [7, 11) is 0. The molecule has 4 heteroatoms. The van der Waals surface area contributed by atoms with Gasteiger partial charge in [-0.15, -0.1) is 0 Å². The Balaban J connectivity index is 0. The van der Waals surface area contributed by atoms with Crippen LogP contribution >= 0.6 is 0 Å². The molecule has 1 atom stereocenters. The van der Waals surface area contributed by atoms with E-state index >= 15 is 0 Å². The number of allylic oxidation sites excluding steroid dienone is 9. The van der Waals surface area contributed by atoms with E-state index in [1.54, 1.807) is 6.08 Å². The first kappa shape index (κ1) is 34.0. The molecule has 1 aromatic rings. The Morgan fingerprint density at radius 2 is 1.69 bits per heavy atom. The molecule has 1 aromatic heterocycles. The van der Waals surface area contributed by atoms with Gasteiger partial charge in [-0.2, -0.15) is 0 Å². The van der Waals surface area contributed by atoms with Gasteiger partial charge in [-0.1, -0.05) is 63.0 Å². The number of hydrogen-bond donors (Lipinski definition) is 2. The van der Waals surface area contributed by atoms with Gasteiger partial charge in [0.25, 0.3) is 0 Å². The van der Waals surface area contributed by atoms with Gasteiger partial charge < -0.3 is 10.6 Å². The fourth-order valence-corrected chi connectivity index (χ4v) is 2.87. The molecule has 2 N–H and O–H groups in total. The first-order valence-corrected chi connectivity index (χ1v) is 12.3. The first-order valence-electron chi connectivity index (χ1n) is 12.3. The highest BCUT2D eigenvalue weighted by molar-refractivity contribution is 5.72. The molecule has 1 rings (SSSR count). The Kier molecular flexibility index (Phi) is 19.7. The minimum absolute atomic E-state index is 0.0394. The van der Waals surface area contributed by atoms with Gasteiger partial charge in [0.2, 0.25) is 5.91 Å². The third-order valence-electron chi connectivity index (χ3n) is 5.40. The van der Waals surface area contributed by atoms with E-state index in [9.17, 15) is 4.79 Å². The van der Waals surface area contributed by atoms with Crippen molar-refractivity contribution in [2.24, 2.45) is 0 Å². The summed E-state index contributed by atoms with van der Waals surface area (Å²) in [5.41, 5.74) is 8.13. The molecule has 0 aliphatic heterocycles. The average molecular weight is 480 g/mol. The van der Waals surface area contributed by atoms with Crippen molar-refractivity contribution in [3.8, 4) is 0 Å². The Morgan fingerprint density at radius 3 is 2.09 bits per heavy atom. The van der Waals surface area contributed by atoms with E-state index in [0.29, 0.717) is 6.04 Å². The van der Waals surface area contributed by atoms with Gasteiger partial charge in [0.15, 0.2) is 0 Å². The number of aromatic nitrogens is 1. The summed E-state index contributed by atoms with van der Waals surface area (Å²) in [5, 5.41) is 6.12. The molecule has 1 unspecified atom stereocenters. The number of amides is 1. The monoisotopic (exact) mass is 479 g/mol. The van der Waals surface area contributed by atoms with Gasteiger partial charge in [-0.05, 0) is 88.8 Å². The predicted octanol–water partition coefficient (Wildman–Crippen LogP) is 8.08. The van der Waals surface area contributed by atoms with Crippen molar-refractivity contribution in [2.75, 3.05) is 6.54 Å². The number of nitrogens with one attached hydrogen (secondary N) is 2. The van der Waals surface area contributed by atoms with Crippen LogP contribution in [0.5, 0.6) is 0 Å². The summed E-state index contributed by atoms with van der Waals surface area (Å²) in [4.78, 5) is 14.2. The molecule has 0 aliphatic carbocycles. The van der Waals surface area contributed by atoms with Crippen LogP contribution in [-0.2, 0) is 4.79 Å². The Bertz CT molecular complexity index is 904. The first-order chi connectivity index (χ1) is 16.5. The number of rotatable bonds is 10. The van der Waals surface area contributed by atoms with Gasteiger partial charge in [-0.3, -0.25) is 9.78 Å². The van der Waals surface area contributed by atoms with Crippen LogP contribution in [0.3, 0.4) is 0 Å². The molecular formula is C31H49N3O. The van der Waals surface area contributed by atoms with E-state index in [0.717, 1.165) is 24.1 Å². The van der Waals surface area contributed by atoms with Crippen LogP contribution in [0.4, 0.5) is 0 Å². The van der Waals surface area contributed by atoms with Crippen LogP contribution in [0.25, 0.3) is 0 Å². The maximum Gasteiger partial charge on any atom is 0.216 e. The van der Waals surface area contributed by atoms with E-state index in [2.05, 4.69) is 95.1 Å². The molecule has 1 heterocycles. The van der Waals surface area contributed by atoms with E-state index in [1.165, 1.54) is 41.3 Å². The van der Waals surface area contributed by atoms with Gasteiger partial charge in [0.1, 0.15) is 0 Å². The van der Waals surface area contributed by atoms with E-state index in [1.807, 2.05) is 32.3 Å². The van der Waals surface area contributed by atoms with Crippen LogP contribution in [0.15, 0.2) is 90.5 Å². The zero-order valence-electron chi connectivity index (χ0n) is 23.7. The molecule has 4 nitrogen and oxygen atoms in total. The highest BCUT2D eigenvalue weighted by Crippen LogP contribution is 2.22. The molecule has 0 aliphatic rings. The highest BCUT2D eigenvalue weighted by atomic mass is 16.1. The Labute approximate surface area is 215 Å². The molecule has 0 fully saturated rings. The molecular weight excluding hydrogens is 430 g/mol. The summed E-state index contributed by atoms with van der Waals surface area (Å²) in [5.74, 6) is 0.0394. The number of hydrogen-bond acceptors (Lipinski definition) is 3. The largest absolute Gasteiger partial charge is 0.382 e. The summed E-state index contributed by atoms with van der Waals surface area (Å²) in [6.07, 6.45) is 14.1.